The second-order valence-electron chi connectivity index (χ2n) is 16.4. The summed E-state index contributed by atoms with van der Waals surface area (Å²) < 4.78 is 0. The summed E-state index contributed by atoms with van der Waals surface area (Å²) in [5, 5.41) is 4.35. The molecule has 8 nitrogen and oxygen atoms in total. The van der Waals surface area contributed by atoms with Crippen molar-refractivity contribution in [1.29, 1.82) is 0 Å². The molecule has 0 spiro atoms. The largest absolute Gasteiger partial charge is 0.342 e. The molecule has 0 atom stereocenters. The average molecular weight is 581 g/mol. The van der Waals surface area contributed by atoms with Gasteiger partial charge in [0, 0.05) is 47.3 Å². The van der Waals surface area contributed by atoms with Crippen molar-refractivity contribution < 1.29 is 19.3 Å². The first-order chi connectivity index (χ1) is 18.8. The van der Waals surface area contributed by atoms with Gasteiger partial charge in [-0.25, -0.2) is 0 Å². The number of hydrogen-bond acceptors (Lipinski definition) is 6. The van der Waals surface area contributed by atoms with Gasteiger partial charge in [-0.1, -0.05) is 27.7 Å². The Bertz CT molecular complexity index is 800. The molecule has 2 aliphatic rings. The van der Waals surface area contributed by atoms with E-state index in [1.54, 1.807) is 0 Å². The third kappa shape index (κ3) is 9.90. The van der Waals surface area contributed by atoms with E-state index < -0.39 is 0 Å². The molecule has 2 rings (SSSR count). The van der Waals surface area contributed by atoms with Gasteiger partial charge in [-0.15, -0.1) is 0 Å². The van der Waals surface area contributed by atoms with Crippen molar-refractivity contribution in [3.63, 3.8) is 0 Å². The highest BCUT2D eigenvalue weighted by Gasteiger charge is 2.49. The molecule has 8 heteroatoms. The van der Waals surface area contributed by atoms with Crippen LogP contribution < -0.4 is 0 Å². The minimum atomic E-state index is -0.178. The molecule has 0 N–H and O–H groups in total. The molecule has 2 heterocycles. The summed E-state index contributed by atoms with van der Waals surface area (Å²) in [6.07, 6.45) is 9.46. The molecule has 0 radical (unpaired) electrons. The number of hydrogen-bond donors (Lipinski definition) is 0. The first-order valence-electron chi connectivity index (χ1n) is 16.1. The van der Waals surface area contributed by atoms with Crippen LogP contribution in [0.25, 0.3) is 0 Å². The van der Waals surface area contributed by atoms with E-state index >= 15 is 0 Å². The zero-order chi connectivity index (χ0) is 31.3. The lowest BCUT2D eigenvalue weighted by molar-refractivity contribution is -0.296. The zero-order valence-corrected chi connectivity index (χ0v) is 28.7. The molecule has 2 fully saturated rings. The van der Waals surface area contributed by atoms with Crippen molar-refractivity contribution in [3.8, 4) is 0 Å². The van der Waals surface area contributed by atoms with Gasteiger partial charge in [0.2, 0.25) is 12.8 Å². The van der Waals surface area contributed by atoms with Crippen LogP contribution >= 0.6 is 0 Å². The van der Waals surface area contributed by atoms with Crippen LogP contribution in [-0.4, -0.2) is 93.3 Å². The van der Waals surface area contributed by atoms with Crippen LogP contribution in [0.2, 0.25) is 0 Å². The van der Waals surface area contributed by atoms with Gasteiger partial charge in [-0.3, -0.25) is 19.3 Å². The van der Waals surface area contributed by atoms with Crippen LogP contribution in [0.1, 0.15) is 134 Å². The Morgan fingerprint density at radius 3 is 1.37 bits per heavy atom. The highest BCUT2D eigenvalue weighted by Crippen LogP contribution is 2.42. The average Bonchev–Trinajstić information content (AvgIpc) is 2.80. The summed E-state index contributed by atoms with van der Waals surface area (Å²) >= 11 is 0. The molecule has 0 aromatic heterocycles. The van der Waals surface area contributed by atoms with Gasteiger partial charge < -0.3 is 9.80 Å². The maximum absolute atomic E-state index is 12.2. The highest BCUT2D eigenvalue weighted by molar-refractivity contribution is 5.48. The molecule has 0 aliphatic carbocycles. The first kappa shape index (κ1) is 36.0. The van der Waals surface area contributed by atoms with E-state index in [-0.39, 0.29) is 39.7 Å². The molecule has 2 saturated heterocycles. The fourth-order valence-electron chi connectivity index (χ4n) is 7.44. The third-order valence-corrected chi connectivity index (χ3v) is 8.73. The van der Waals surface area contributed by atoms with E-state index in [0.29, 0.717) is 13.2 Å². The number of hydroxylamine groups is 4. The Hall–Kier alpha value is -1.22. The standard InChI is InChI=1S/C33H64N4O4/c1-13-19-40-36-30(5,6)20-27(21-31(36,7)8)34(25-38)17-15-14-16-18-35(26-39)28-22-32(9,10)37(33(11,12)23-28)41-24-29(2,3)4/h25-28H,13-24H2,1-12H3. The van der Waals surface area contributed by atoms with Gasteiger partial charge in [-0.2, -0.15) is 10.1 Å². The Balaban J connectivity index is 1.90. The van der Waals surface area contributed by atoms with Crippen LogP contribution in [0.4, 0.5) is 0 Å². The van der Waals surface area contributed by atoms with Crippen molar-refractivity contribution in [2.45, 2.75) is 169 Å². The maximum atomic E-state index is 12.2. The Kier molecular flexibility index (Phi) is 12.3. The molecular weight excluding hydrogens is 516 g/mol. The molecule has 2 amide bonds. The van der Waals surface area contributed by atoms with Gasteiger partial charge in [0.25, 0.3) is 0 Å². The van der Waals surface area contributed by atoms with Gasteiger partial charge >= 0.3 is 0 Å². The van der Waals surface area contributed by atoms with E-state index in [0.717, 1.165) is 77.3 Å². The van der Waals surface area contributed by atoms with Crippen molar-refractivity contribution in [2.75, 3.05) is 26.3 Å². The number of carbonyl (C=O) groups is 2. The van der Waals surface area contributed by atoms with E-state index in [9.17, 15) is 9.59 Å². The van der Waals surface area contributed by atoms with Gasteiger partial charge in [0.15, 0.2) is 0 Å². The van der Waals surface area contributed by atoms with E-state index in [1.807, 2.05) is 9.80 Å². The predicted octanol–water partition coefficient (Wildman–Crippen LogP) is 6.44. The maximum Gasteiger partial charge on any atom is 0.209 e. The summed E-state index contributed by atoms with van der Waals surface area (Å²) in [4.78, 5) is 40.9. The molecular formula is C33H64N4O4. The van der Waals surface area contributed by atoms with Gasteiger partial charge in [0.1, 0.15) is 0 Å². The summed E-state index contributed by atoms with van der Waals surface area (Å²) in [5.41, 5.74) is -0.571. The third-order valence-electron chi connectivity index (χ3n) is 8.73. The molecule has 0 saturated carbocycles. The van der Waals surface area contributed by atoms with Gasteiger partial charge in [0.05, 0.1) is 13.2 Å². The van der Waals surface area contributed by atoms with Crippen LogP contribution in [0, 0.1) is 5.41 Å². The Morgan fingerprint density at radius 2 is 1.05 bits per heavy atom. The minimum Gasteiger partial charge on any atom is -0.342 e. The number of carbonyl (C=O) groups excluding carboxylic acids is 2. The fraction of sp³-hybridized carbons (Fsp3) is 0.939. The van der Waals surface area contributed by atoms with E-state index in [2.05, 4.69) is 93.2 Å². The van der Waals surface area contributed by atoms with Crippen molar-refractivity contribution in [1.82, 2.24) is 19.9 Å². The Morgan fingerprint density at radius 1 is 0.683 bits per heavy atom. The lowest BCUT2D eigenvalue weighted by Gasteiger charge is -2.55. The van der Waals surface area contributed by atoms with Crippen LogP contribution in [-0.2, 0) is 19.3 Å². The summed E-state index contributed by atoms with van der Waals surface area (Å²) in [7, 11) is 0. The molecule has 0 unspecified atom stereocenters. The molecule has 0 aromatic carbocycles. The fourth-order valence-corrected chi connectivity index (χ4v) is 7.44. The summed E-state index contributed by atoms with van der Waals surface area (Å²) in [5.74, 6) is 0. The molecule has 2 aliphatic heterocycles. The zero-order valence-electron chi connectivity index (χ0n) is 28.7. The van der Waals surface area contributed by atoms with Crippen molar-refractivity contribution in [2.24, 2.45) is 5.41 Å². The molecule has 0 bridgehead atoms. The van der Waals surface area contributed by atoms with Gasteiger partial charge in [-0.05, 0) is 112 Å². The lowest BCUT2D eigenvalue weighted by atomic mass is 9.78. The predicted molar refractivity (Wildman–Crippen MR) is 167 cm³/mol. The monoisotopic (exact) mass is 580 g/mol. The number of piperidine rings is 2. The molecule has 240 valence electrons. The van der Waals surface area contributed by atoms with Crippen LogP contribution in [0.15, 0.2) is 0 Å². The SMILES string of the molecule is CCCON1C(C)(C)CC(N(C=O)CCCCCN(C=O)C2CC(C)(C)N(OCC(C)(C)C)C(C)(C)C2)CC1(C)C. The number of rotatable bonds is 15. The smallest absolute Gasteiger partial charge is 0.209 e. The normalized spacial score (nSPS) is 23.3. The topological polar surface area (TPSA) is 65.6 Å². The highest BCUT2D eigenvalue weighted by atomic mass is 16.7. The number of amides is 2. The van der Waals surface area contributed by atoms with Crippen LogP contribution in [0.5, 0.6) is 0 Å². The second-order valence-corrected chi connectivity index (χ2v) is 16.4. The Labute approximate surface area is 252 Å². The number of nitrogens with zero attached hydrogens (tertiary/aromatic N) is 4. The molecule has 41 heavy (non-hydrogen) atoms. The summed E-state index contributed by atoms with van der Waals surface area (Å²) in [6, 6.07) is 0.378. The quantitative estimate of drug-likeness (QED) is 0.164. The van der Waals surface area contributed by atoms with E-state index in [4.69, 9.17) is 9.68 Å². The lowest BCUT2D eigenvalue weighted by Crippen LogP contribution is -2.64. The van der Waals surface area contributed by atoms with Crippen molar-refractivity contribution in [3.05, 3.63) is 0 Å². The van der Waals surface area contributed by atoms with Crippen molar-refractivity contribution >= 4 is 12.8 Å². The summed E-state index contributed by atoms with van der Waals surface area (Å²) in [6.45, 7) is 29.4. The van der Waals surface area contributed by atoms with E-state index in [1.165, 1.54) is 0 Å². The van der Waals surface area contributed by atoms with Crippen LogP contribution in [0.3, 0.4) is 0 Å². The first-order valence-corrected chi connectivity index (χ1v) is 16.1. The molecule has 0 aromatic rings. The minimum absolute atomic E-state index is 0.0874. The second kappa shape index (κ2) is 14.0. The number of unbranched alkanes of at least 4 members (excludes halogenated alkanes) is 2.